The summed E-state index contributed by atoms with van der Waals surface area (Å²) in [6, 6.07) is 11.8. The van der Waals surface area contributed by atoms with Gasteiger partial charge in [-0.25, -0.2) is 4.39 Å². The summed E-state index contributed by atoms with van der Waals surface area (Å²) in [6.45, 7) is 1.82. The lowest BCUT2D eigenvalue weighted by Gasteiger charge is -2.05. The molecule has 0 bridgehead atoms. The maximum Gasteiger partial charge on any atom is 0.162 e. The van der Waals surface area contributed by atoms with E-state index < -0.39 is 0 Å². The quantitative estimate of drug-likeness (QED) is 0.741. The van der Waals surface area contributed by atoms with Crippen LogP contribution >= 0.6 is 15.9 Å². The van der Waals surface area contributed by atoms with Crippen molar-refractivity contribution in [3.05, 3.63) is 58.3 Å². The Morgan fingerprint density at radius 3 is 2.44 bits per heavy atom. The molecule has 0 aliphatic carbocycles. The highest BCUT2D eigenvalue weighted by atomic mass is 79.9. The Bertz CT molecular complexity index is 576. The molecule has 2 aromatic carbocycles. The molecule has 92 valence electrons. The number of rotatable bonds is 3. The van der Waals surface area contributed by atoms with Crippen molar-refractivity contribution in [3.8, 4) is 11.1 Å². The summed E-state index contributed by atoms with van der Waals surface area (Å²) in [4.78, 5) is 11.5. The lowest BCUT2D eigenvalue weighted by molar-refractivity contribution is 0.0988. The lowest BCUT2D eigenvalue weighted by atomic mass is 10.0. The van der Waals surface area contributed by atoms with Crippen LogP contribution in [0.4, 0.5) is 4.39 Å². The van der Waals surface area contributed by atoms with E-state index in [2.05, 4.69) is 15.9 Å². The third-order valence-electron chi connectivity index (χ3n) is 2.77. The molecule has 0 saturated carbocycles. The van der Waals surface area contributed by atoms with Gasteiger partial charge in [0.15, 0.2) is 5.78 Å². The summed E-state index contributed by atoms with van der Waals surface area (Å²) in [5.74, 6) is -0.177. The van der Waals surface area contributed by atoms with Crippen LogP contribution in [0.2, 0.25) is 0 Å². The molecule has 0 saturated heterocycles. The molecule has 0 amide bonds. The Hall–Kier alpha value is -1.48. The van der Waals surface area contributed by atoms with Crippen molar-refractivity contribution in [2.24, 2.45) is 0 Å². The third kappa shape index (κ3) is 2.67. The van der Waals surface area contributed by atoms with Gasteiger partial charge in [-0.3, -0.25) is 4.79 Å². The molecule has 2 rings (SSSR count). The van der Waals surface area contributed by atoms with Gasteiger partial charge in [-0.2, -0.15) is 0 Å². The molecule has 0 radical (unpaired) electrons. The molecule has 0 N–H and O–H groups in total. The summed E-state index contributed by atoms with van der Waals surface area (Å²) in [7, 11) is 0. The van der Waals surface area contributed by atoms with Gasteiger partial charge in [0.2, 0.25) is 0 Å². The van der Waals surface area contributed by atoms with Crippen molar-refractivity contribution < 1.29 is 9.18 Å². The molecule has 0 fully saturated rings. The Balaban J connectivity index is 2.40. The molecule has 0 unspecified atom stereocenters. The zero-order chi connectivity index (χ0) is 13.1. The fourth-order valence-corrected chi connectivity index (χ4v) is 2.12. The van der Waals surface area contributed by atoms with Crippen LogP contribution in [0.3, 0.4) is 0 Å². The fraction of sp³-hybridized carbons (Fsp3) is 0.133. The number of Topliss-reactive ketones (excluding diaryl/α,β-unsaturated/α-hetero) is 1. The molecular weight excluding hydrogens is 295 g/mol. The molecule has 1 nitrogen and oxygen atoms in total. The summed E-state index contributed by atoms with van der Waals surface area (Å²) in [5, 5.41) is 0. The van der Waals surface area contributed by atoms with Gasteiger partial charge in [0.05, 0.1) is 0 Å². The number of halogens is 2. The highest BCUT2D eigenvalue weighted by Crippen LogP contribution is 2.26. The molecule has 0 atom stereocenters. The van der Waals surface area contributed by atoms with E-state index in [1.807, 2.05) is 6.92 Å². The second kappa shape index (κ2) is 5.44. The first-order chi connectivity index (χ1) is 8.61. The van der Waals surface area contributed by atoms with Crippen LogP contribution in [0, 0.1) is 5.82 Å². The van der Waals surface area contributed by atoms with Gasteiger partial charge in [-0.15, -0.1) is 0 Å². The van der Waals surface area contributed by atoms with Crippen molar-refractivity contribution in [3.63, 3.8) is 0 Å². The zero-order valence-electron chi connectivity index (χ0n) is 9.91. The largest absolute Gasteiger partial charge is 0.294 e. The number of hydrogen-bond acceptors (Lipinski definition) is 1. The van der Waals surface area contributed by atoms with E-state index in [-0.39, 0.29) is 11.6 Å². The van der Waals surface area contributed by atoms with Crippen molar-refractivity contribution >= 4 is 21.7 Å². The normalized spacial score (nSPS) is 10.4. The molecule has 2 aromatic rings. The van der Waals surface area contributed by atoms with Crippen LogP contribution in [0.15, 0.2) is 46.9 Å². The molecule has 0 aromatic heterocycles. The average molecular weight is 307 g/mol. The first kappa shape index (κ1) is 13.0. The van der Waals surface area contributed by atoms with E-state index in [0.29, 0.717) is 17.5 Å². The van der Waals surface area contributed by atoms with Crippen LogP contribution in [0.5, 0.6) is 0 Å². The Labute approximate surface area is 114 Å². The molecular formula is C15H12BrFO. The number of ketones is 1. The summed E-state index contributed by atoms with van der Waals surface area (Å²) in [6.07, 6.45) is 0.477. The van der Waals surface area contributed by atoms with Crippen LogP contribution < -0.4 is 0 Å². The van der Waals surface area contributed by atoms with Crippen LogP contribution in [0.25, 0.3) is 11.1 Å². The smallest absolute Gasteiger partial charge is 0.162 e. The first-order valence-corrected chi connectivity index (χ1v) is 6.50. The minimum Gasteiger partial charge on any atom is -0.294 e. The predicted octanol–water partition coefficient (Wildman–Crippen LogP) is 4.85. The highest BCUT2D eigenvalue weighted by molar-refractivity contribution is 9.10. The van der Waals surface area contributed by atoms with Crippen molar-refractivity contribution in [1.82, 2.24) is 0 Å². The summed E-state index contributed by atoms with van der Waals surface area (Å²) < 4.78 is 14.5. The van der Waals surface area contributed by atoms with Crippen molar-refractivity contribution in [1.29, 1.82) is 0 Å². The average Bonchev–Trinajstić information content (AvgIpc) is 2.41. The highest BCUT2D eigenvalue weighted by Gasteiger charge is 2.07. The van der Waals surface area contributed by atoms with Gasteiger partial charge in [0.1, 0.15) is 5.82 Å². The van der Waals surface area contributed by atoms with Gasteiger partial charge in [-0.1, -0.05) is 47.1 Å². The molecule has 0 heterocycles. The number of carbonyl (C=O) groups excluding carboxylic acids is 1. The summed E-state index contributed by atoms with van der Waals surface area (Å²) >= 11 is 3.32. The van der Waals surface area contributed by atoms with Crippen molar-refractivity contribution in [2.75, 3.05) is 0 Å². The lowest BCUT2D eigenvalue weighted by Crippen LogP contribution is -1.95. The van der Waals surface area contributed by atoms with Crippen LogP contribution in [0.1, 0.15) is 23.7 Å². The number of benzene rings is 2. The molecule has 0 aliphatic heterocycles. The molecule has 18 heavy (non-hydrogen) atoms. The van der Waals surface area contributed by atoms with Gasteiger partial charge in [0, 0.05) is 22.0 Å². The molecule has 0 aliphatic rings. The molecule has 3 heteroatoms. The zero-order valence-corrected chi connectivity index (χ0v) is 11.5. The third-order valence-corrected chi connectivity index (χ3v) is 3.26. The second-order valence-electron chi connectivity index (χ2n) is 3.98. The van der Waals surface area contributed by atoms with Gasteiger partial charge in [-0.05, 0) is 23.8 Å². The Kier molecular flexibility index (Phi) is 3.92. The van der Waals surface area contributed by atoms with E-state index >= 15 is 0 Å². The number of hydrogen-bond donors (Lipinski definition) is 0. The van der Waals surface area contributed by atoms with Gasteiger partial charge in [0.25, 0.3) is 0 Å². The van der Waals surface area contributed by atoms with E-state index in [0.717, 1.165) is 10.0 Å². The van der Waals surface area contributed by atoms with E-state index in [1.54, 1.807) is 36.4 Å². The standard InChI is InChI=1S/C15H12BrFO/c1-2-15(18)11-5-3-10(4-6-11)13-9-12(16)7-8-14(13)17/h3-9H,2H2,1H3. The van der Waals surface area contributed by atoms with E-state index in [4.69, 9.17) is 0 Å². The van der Waals surface area contributed by atoms with Crippen LogP contribution in [-0.2, 0) is 0 Å². The number of carbonyl (C=O) groups is 1. The monoisotopic (exact) mass is 306 g/mol. The minimum atomic E-state index is -0.271. The Morgan fingerprint density at radius 2 is 1.83 bits per heavy atom. The van der Waals surface area contributed by atoms with Gasteiger partial charge >= 0.3 is 0 Å². The molecule has 0 spiro atoms. The Morgan fingerprint density at radius 1 is 1.17 bits per heavy atom. The second-order valence-corrected chi connectivity index (χ2v) is 4.89. The fourth-order valence-electron chi connectivity index (χ4n) is 1.76. The predicted molar refractivity (Wildman–Crippen MR) is 74.2 cm³/mol. The topological polar surface area (TPSA) is 17.1 Å². The van der Waals surface area contributed by atoms with E-state index in [1.165, 1.54) is 6.07 Å². The van der Waals surface area contributed by atoms with Crippen molar-refractivity contribution in [2.45, 2.75) is 13.3 Å². The van der Waals surface area contributed by atoms with Gasteiger partial charge < -0.3 is 0 Å². The van der Waals surface area contributed by atoms with Crippen LogP contribution in [-0.4, -0.2) is 5.78 Å². The van der Waals surface area contributed by atoms with E-state index in [9.17, 15) is 9.18 Å². The summed E-state index contributed by atoms with van der Waals surface area (Å²) in [5.41, 5.74) is 1.96. The first-order valence-electron chi connectivity index (χ1n) is 5.70. The maximum atomic E-state index is 13.7. The minimum absolute atomic E-state index is 0.0938. The maximum absolute atomic E-state index is 13.7. The SMILES string of the molecule is CCC(=O)c1ccc(-c2cc(Br)ccc2F)cc1.